The molecule has 1 aromatic carbocycles. The van der Waals surface area contributed by atoms with Crippen molar-refractivity contribution in [3.8, 4) is 5.75 Å². The quantitative estimate of drug-likeness (QED) is 0.836. The number of nitrogens with one attached hydrogen (secondary N) is 1. The van der Waals surface area contributed by atoms with Crippen LogP contribution in [-0.2, 0) is 0 Å². The molecule has 1 aromatic rings. The van der Waals surface area contributed by atoms with E-state index in [1.165, 1.54) is 18.9 Å². The maximum absolute atomic E-state index is 12.1. The molecule has 0 aliphatic heterocycles. The van der Waals surface area contributed by atoms with Crippen LogP contribution in [0.5, 0.6) is 5.75 Å². The fraction of sp³-hybridized carbons (Fsp3) is 0.533. The van der Waals surface area contributed by atoms with E-state index in [4.69, 9.17) is 11.6 Å². The molecule has 2 rings (SSSR count). The molecule has 2 atom stereocenters. The number of hydrogen-bond donors (Lipinski definition) is 2. The van der Waals surface area contributed by atoms with Gasteiger partial charge >= 0.3 is 0 Å². The Morgan fingerprint density at radius 2 is 2.16 bits per heavy atom. The molecule has 3 nitrogen and oxygen atoms in total. The van der Waals surface area contributed by atoms with E-state index in [0.717, 1.165) is 18.4 Å². The summed E-state index contributed by atoms with van der Waals surface area (Å²) < 4.78 is 0. The molecule has 0 radical (unpaired) electrons. The van der Waals surface area contributed by atoms with E-state index in [2.05, 4.69) is 5.32 Å². The molecule has 1 aliphatic rings. The summed E-state index contributed by atoms with van der Waals surface area (Å²) in [5.41, 5.74) is 1.39. The summed E-state index contributed by atoms with van der Waals surface area (Å²) >= 11 is 6.28. The largest absolute Gasteiger partial charge is 0.508 e. The first kappa shape index (κ1) is 14.2. The molecule has 0 aromatic heterocycles. The second-order valence-electron chi connectivity index (χ2n) is 5.27. The fourth-order valence-corrected chi connectivity index (χ4v) is 2.98. The van der Waals surface area contributed by atoms with Crippen LogP contribution in [0.3, 0.4) is 0 Å². The van der Waals surface area contributed by atoms with Crippen LogP contribution in [0.2, 0.25) is 0 Å². The number of halogens is 1. The molecule has 2 unspecified atom stereocenters. The summed E-state index contributed by atoms with van der Waals surface area (Å²) in [7, 11) is 0. The highest BCUT2D eigenvalue weighted by molar-refractivity contribution is 6.20. The van der Waals surface area contributed by atoms with Crippen LogP contribution in [-0.4, -0.2) is 22.9 Å². The lowest BCUT2D eigenvalue weighted by molar-refractivity contribution is 0.0943. The molecule has 1 fully saturated rings. The maximum Gasteiger partial charge on any atom is 0.251 e. The van der Waals surface area contributed by atoms with Gasteiger partial charge in [-0.2, -0.15) is 0 Å². The standard InChI is InChI=1S/C15H20ClNO2/c1-10-8-12(18)6-7-13(10)15(19)17-9-11-4-2-3-5-14(11)16/h6-8,11,14,18H,2-5,9H2,1H3,(H,17,19). The SMILES string of the molecule is Cc1cc(O)ccc1C(=O)NCC1CCCCC1Cl. The number of aryl methyl sites for hydroxylation is 1. The zero-order valence-electron chi connectivity index (χ0n) is 11.2. The number of carbonyl (C=O) groups is 1. The zero-order chi connectivity index (χ0) is 13.8. The van der Waals surface area contributed by atoms with Crippen molar-refractivity contribution < 1.29 is 9.90 Å². The molecule has 0 saturated heterocycles. The van der Waals surface area contributed by atoms with E-state index < -0.39 is 0 Å². The van der Waals surface area contributed by atoms with E-state index in [1.54, 1.807) is 12.1 Å². The highest BCUT2D eigenvalue weighted by Crippen LogP contribution is 2.28. The van der Waals surface area contributed by atoms with Gasteiger partial charge in [0.1, 0.15) is 5.75 Å². The van der Waals surface area contributed by atoms with E-state index in [9.17, 15) is 9.90 Å². The van der Waals surface area contributed by atoms with Crippen molar-refractivity contribution in [2.75, 3.05) is 6.54 Å². The molecular weight excluding hydrogens is 262 g/mol. The fourth-order valence-electron chi connectivity index (χ4n) is 2.61. The third kappa shape index (κ3) is 3.63. The van der Waals surface area contributed by atoms with Gasteiger partial charge in [0.15, 0.2) is 0 Å². The van der Waals surface area contributed by atoms with Crippen molar-refractivity contribution >= 4 is 17.5 Å². The van der Waals surface area contributed by atoms with Gasteiger partial charge in [-0.05, 0) is 49.4 Å². The number of phenolic OH excluding ortho intramolecular Hbond substituents is 1. The van der Waals surface area contributed by atoms with Gasteiger partial charge in [0.05, 0.1) is 0 Å². The minimum atomic E-state index is -0.0908. The van der Waals surface area contributed by atoms with Crippen molar-refractivity contribution in [3.63, 3.8) is 0 Å². The lowest BCUT2D eigenvalue weighted by Crippen LogP contribution is -2.34. The Bertz CT molecular complexity index is 461. The third-order valence-electron chi connectivity index (χ3n) is 3.80. The van der Waals surface area contributed by atoms with Crippen LogP contribution in [0.4, 0.5) is 0 Å². The number of hydrogen-bond acceptors (Lipinski definition) is 2. The number of carbonyl (C=O) groups excluding carboxylic acids is 1. The van der Waals surface area contributed by atoms with Gasteiger partial charge in [0.25, 0.3) is 5.91 Å². The molecule has 0 bridgehead atoms. The smallest absolute Gasteiger partial charge is 0.251 e. The predicted octanol–water partition coefficient (Wildman–Crippen LogP) is 3.23. The molecular formula is C15H20ClNO2. The Morgan fingerprint density at radius 3 is 2.84 bits per heavy atom. The average Bonchev–Trinajstić information content (AvgIpc) is 2.37. The van der Waals surface area contributed by atoms with E-state index in [1.807, 2.05) is 6.92 Å². The number of phenols is 1. The molecule has 4 heteroatoms. The van der Waals surface area contributed by atoms with E-state index in [0.29, 0.717) is 18.0 Å². The molecule has 0 spiro atoms. The zero-order valence-corrected chi connectivity index (χ0v) is 11.9. The van der Waals surface area contributed by atoms with Gasteiger partial charge in [0.2, 0.25) is 0 Å². The van der Waals surface area contributed by atoms with Crippen LogP contribution in [0.1, 0.15) is 41.6 Å². The number of benzene rings is 1. The number of aromatic hydroxyl groups is 1. The summed E-state index contributed by atoms with van der Waals surface area (Å²) in [6, 6.07) is 4.78. The van der Waals surface area contributed by atoms with Crippen molar-refractivity contribution in [1.82, 2.24) is 5.32 Å². The second kappa shape index (κ2) is 6.29. The Morgan fingerprint density at radius 1 is 1.42 bits per heavy atom. The summed E-state index contributed by atoms with van der Waals surface area (Å²) in [6.07, 6.45) is 4.51. The topological polar surface area (TPSA) is 49.3 Å². The predicted molar refractivity (Wildman–Crippen MR) is 76.8 cm³/mol. The summed E-state index contributed by atoms with van der Waals surface area (Å²) in [5.74, 6) is 0.464. The summed E-state index contributed by atoms with van der Waals surface area (Å²) in [5, 5.41) is 12.5. The van der Waals surface area contributed by atoms with Crippen molar-refractivity contribution in [2.24, 2.45) is 5.92 Å². The highest BCUT2D eigenvalue weighted by Gasteiger charge is 2.23. The number of alkyl halides is 1. The molecule has 1 saturated carbocycles. The molecule has 19 heavy (non-hydrogen) atoms. The van der Waals surface area contributed by atoms with Crippen LogP contribution in [0.25, 0.3) is 0 Å². The van der Waals surface area contributed by atoms with Gasteiger partial charge in [-0.3, -0.25) is 4.79 Å². The Balaban J connectivity index is 1.93. The van der Waals surface area contributed by atoms with Gasteiger partial charge in [-0.25, -0.2) is 0 Å². The Labute approximate surface area is 119 Å². The molecule has 2 N–H and O–H groups in total. The maximum atomic E-state index is 12.1. The molecule has 0 heterocycles. The molecule has 104 valence electrons. The minimum Gasteiger partial charge on any atom is -0.508 e. The van der Waals surface area contributed by atoms with Gasteiger partial charge in [-0.1, -0.05) is 12.8 Å². The van der Waals surface area contributed by atoms with Crippen LogP contribution < -0.4 is 5.32 Å². The van der Waals surface area contributed by atoms with Crippen LogP contribution >= 0.6 is 11.6 Å². The Hall–Kier alpha value is -1.22. The van der Waals surface area contributed by atoms with Crippen LogP contribution in [0.15, 0.2) is 18.2 Å². The average molecular weight is 282 g/mol. The van der Waals surface area contributed by atoms with Crippen LogP contribution in [0, 0.1) is 12.8 Å². The summed E-state index contributed by atoms with van der Waals surface area (Å²) in [6.45, 7) is 2.45. The van der Waals surface area contributed by atoms with Crippen molar-refractivity contribution in [1.29, 1.82) is 0 Å². The first-order valence-corrected chi connectivity index (χ1v) is 7.23. The van der Waals surface area contributed by atoms with E-state index in [-0.39, 0.29) is 17.0 Å². The van der Waals surface area contributed by atoms with E-state index >= 15 is 0 Å². The first-order valence-electron chi connectivity index (χ1n) is 6.80. The monoisotopic (exact) mass is 281 g/mol. The number of amides is 1. The van der Waals surface area contributed by atoms with Crippen molar-refractivity contribution in [2.45, 2.75) is 38.0 Å². The first-order chi connectivity index (χ1) is 9.08. The molecule has 1 amide bonds. The lowest BCUT2D eigenvalue weighted by Gasteiger charge is -2.27. The van der Waals surface area contributed by atoms with Gasteiger partial charge < -0.3 is 10.4 Å². The van der Waals surface area contributed by atoms with Gasteiger partial charge in [0, 0.05) is 17.5 Å². The number of rotatable bonds is 3. The Kier molecular flexibility index (Phi) is 4.70. The van der Waals surface area contributed by atoms with Crippen molar-refractivity contribution in [3.05, 3.63) is 29.3 Å². The summed E-state index contributed by atoms with van der Waals surface area (Å²) in [4.78, 5) is 12.1. The van der Waals surface area contributed by atoms with Gasteiger partial charge in [-0.15, -0.1) is 11.6 Å². The highest BCUT2D eigenvalue weighted by atomic mass is 35.5. The minimum absolute atomic E-state index is 0.0908. The lowest BCUT2D eigenvalue weighted by atomic mass is 9.88. The third-order valence-corrected chi connectivity index (χ3v) is 4.37. The molecule has 1 aliphatic carbocycles. The second-order valence-corrected chi connectivity index (χ2v) is 5.83. The normalized spacial score (nSPS) is 23.1.